The lowest BCUT2D eigenvalue weighted by Gasteiger charge is -2.26. The summed E-state index contributed by atoms with van der Waals surface area (Å²) in [6.07, 6.45) is 3.64. The molecular weight excluding hydrogens is 422 g/mol. The Labute approximate surface area is 173 Å². The third-order valence-electron chi connectivity index (χ3n) is 4.01. The first-order valence-corrected chi connectivity index (χ1v) is 9.67. The predicted molar refractivity (Wildman–Crippen MR) is 117 cm³/mol. The van der Waals surface area contributed by atoms with Gasteiger partial charge in [-0.15, -0.1) is 0 Å². The molecule has 6 heteroatoms. The van der Waals surface area contributed by atoms with Crippen molar-refractivity contribution in [3.05, 3.63) is 88.7 Å². The highest BCUT2D eigenvalue weighted by Crippen LogP contribution is 2.18. The van der Waals surface area contributed by atoms with Gasteiger partial charge in [0.2, 0.25) is 0 Å². The quantitative estimate of drug-likeness (QED) is 0.528. The topological polar surface area (TPSA) is 37.4 Å². The van der Waals surface area contributed by atoms with E-state index in [0.29, 0.717) is 18.2 Å². The molecule has 0 saturated heterocycles. The average molecular weight is 442 g/mol. The second-order valence-corrected chi connectivity index (χ2v) is 7.30. The van der Waals surface area contributed by atoms with Crippen molar-refractivity contribution in [2.24, 2.45) is 0 Å². The van der Waals surface area contributed by atoms with Gasteiger partial charge < -0.3 is 15.0 Å². The van der Waals surface area contributed by atoms with Crippen LogP contribution in [0.1, 0.15) is 11.1 Å². The van der Waals surface area contributed by atoms with Gasteiger partial charge in [0, 0.05) is 35.6 Å². The van der Waals surface area contributed by atoms with E-state index in [1.54, 1.807) is 13.3 Å². The maximum Gasteiger partial charge on any atom is 0.174 e. The van der Waals surface area contributed by atoms with Gasteiger partial charge in [0.05, 0.1) is 7.11 Å². The summed E-state index contributed by atoms with van der Waals surface area (Å²) in [5.74, 6) is 0.813. The fraction of sp³-hybridized carbons (Fsp3) is 0.143. The molecule has 0 atom stereocenters. The minimum absolute atomic E-state index is 0.659. The van der Waals surface area contributed by atoms with E-state index in [-0.39, 0.29) is 0 Å². The lowest BCUT2D eigenvalue weighted by Crippen LogP contribution is -2.33. The predicted octanol–water partition coefficient (Wildman–Crippen LogP) is 5.25. The number of rotatable bonds is 6. The molecule has 0 bridgehead atoms. The number of hydrogen-bond acceptors (Lipinski definition) is 3. The fourth-order valence-corrected chi connectivity index (χ4v) is 3.11. The van der Waals surface area contributed by atoms with Crippen LogP contribution in [0.3, 0.4) is 0 Å². The van der Waals surface area contributed by atoms with E-state index < -0.39 is 0 Å². The van der Waals surface area contributed by atoms with Crippen molar-refractivity contribution in [2.45, 2.75) is 13.1 Å². The van der Waals surface area contributed by atoms with Crippen molar-refractivity contribution >= 4 is 38.9 Å². The number of hydrogen-bond donors (Lipinski definition) is 1. The summed E-state index contributed by atoms with van der Waals surface area (Å²) in [5.41, 5.74) is 3.21. The van der Waals surface area contributed by atoms with Crippen molar-refractivity contribution < 1.29 is 4.74 Å². The zero-order chi connectivity index (χ0) is 19.1. The molecule has 2 aromatic carbocycles. The Bertz CT molecular complexity index is 870. The second kappa shape index (κ2) is 9.48. The molecular formula is C21H20BrN3OS. The normalized spacial score (nSPS) is 10.3. The molecule has 0 saturated carbocycles. The second-order valence-electron chi connectivity index (χ2n) is 6.00. The van der Waals surface area contributed by atoms with Crippen LogP contribution < -0.4 is 10.1 Å². The van der Waals surface area contributed by atoms with Crippen LogP contribution in [0.5, 0.6) is 5.75 Å². The van der Waals surface area contributed by atoms with E-state index in [1.807, 2.05) is 48.7 Å². The van der Waals surface area contributed by atoms with Crippen molar-refractivity contribution in [2.75, 3.05) is 12.4 Å². The third-order valence-corrected chi connectivity index (χ3v) is 4.90. The molecule has 1 N–H and O–H groups in total. The van der Waals surface area contributed by atoms with Gasteiger partial charge in [0.15, 0.2) is 5.11 Å². The number of ether oxygens (including phenoxy) is 1. The molecule has 3 aromatic rings. The standard InChI is InChI=1S/C21H20BrN3OS/c1-26-20-10-8-19(9-11-20)24-21(27)25(15-17-3-2-12-23-13-17)14-16-4-6-18(22)7-5-16/h2-13H,14-15H2,1H3,(H,24,27). The first kappa shape index (κ1) is 19.3. The van der Waals surface area contributed by atoms with Gasteiger partial charge in [0.25, 0.3) is 0 Å². The van der Waals surface area contributed by atoms with Crippen LogP contribution in [0.2, 0.25) is 0 Å². The Kier molecular flexibility index (Phi) is 6.79. The maximum atomic E-state index is 5.70. The molecule has 1 aromatic heterocycles. The van der Waals surface area contributed by atoms with Crippen molar-refractivity contribution in [1.82, 2.24) is 9.88 Å². The zero-order valence-corrected chi connectivity index (χ0v) is 17.3. The summed E-state index contributed by atoms with van der Waals surface area (Å²) in [7, 11) is 1.65. The summed E-state index contributed by atoms with van der Waals surface area (Å²) < 4.78 is 6.27. The van der Waals surface area contributed by atoms with Gasteiger partial charge in [-0.25, -0.2) is 0 Å². The van der Waals surface area contributed by atoms with Crippen LogP contribution in [0.4, 0.5) is 5.69 Å². The lowest BCUT2D eigenvalue weighted by molar-refractivity contribution is 0.412. The molecule has 0 amide bonds. The minimum Gasteiger partial charge on any atom is -0.497 e. The van der Waals surface area contributed by atoms with Crippen LogP contribution in [0, 0.1) is 0 Å². The molecule has 0 radical (unpaired) electrons. The van der Waals surface area contributed by atoms with Crippen molar-refractivity contribution in [3.8, 4) is 5.75 Å². The molecule has 3 rings (SSSR count). The first-order valence-electron chi connectivity index (χ1n) is 8.47. The van der Waals surface area contributed by atoms with Gasteiger partial charge in [-0.3, -0.25) is 4.98 Å². The minimum atomic E-state index is 0.659. The SMILES string of the molecule is COc1ccc(NC(=S)N(Cc2ccc(Br)cc2)Cc2cccnc2)cc1. The van der Waals surface area contributed by atoms with E-state index in [4.69, 9.17) is 17.0 Å². The number of pyridine rings is 1. The van der Waals surface area contributed by atoms with Crippen molar-refractivity contribution in [1.29, 1.82) is 0 Å². The summed E-state index contributed by atoms with van der Waals surface area (Å²) >= 11 is 9.18. The zero-order valence-electron chi connectivity index (χ0n) is 14.9. The van der Waals surface area contributed by atoms with Gasteiger partial charge in [-0.05, 0) is 65.8 Å². The highest BCUT2D eigenvalue weighted by molar-refractivity contribution is 9.10. The summed E-state index contributed by atoms with van der Waals surface area (Å²) in [6.45, 7) is 1.37. The average Bonchev–Trinajstić information content (AvgIpc) is 2.70. The number of thiocarbonyl (C=S) groups is 1. The molecule has 0 fully saturated rings. The molecule has 0 aliphatic carbocycles. The number of nitrogens with zero attached hydrogens (tertiary/aromatic N) is 2. The molecule has 4 nitrogen and oxygen atoms in total. The number of nitrogens with one attached hydrogen (secondary N) is 1. The van der Waals surface area contributed by atoms with Crippen LogP contribution >= 0.6 is 28.1 Å². The first-order chi connectivity index (χ1) is 13.1. The Morgan fingerprint density at radius 3 is 2.37 bits per heavy atom. The van der Waals surface area contributed by atoms with Crippen LogP contribution in [0.15, 0.2) is 77.5 Å². The van der Waals surface area contributed by atoms with E-state index in [9.17, 15) is 0 Å². The molecule has 0 unspecified atom stereocenters. The number of methoxy groups -OCH3 is 1. The van der Waals surface area contributed by atoms with Gasteiger partial charge in [0.1, 0.15) is 5.75 Å². The van der Waals surface area contributed by atoms with E-state index in [1.165, 1.54) is 5.56 Å². The molecule has 0 spiro atoms. The number of halogens is 1. The number of aromatic nitrogens is 1. The maximum absolute atomic E-state index is 5.70. The van der Waals surface area contributed by atoms with E-state index in [0.717, 1.165) is 21.5 Å². The molecule has 27 heavy (non-hydrogen) atoms. The van der Waals surface area contributed by atoms with Crippen LogP contribution in [-0.2, 0) is 13.1 Å². The molecule has 138 valence electrons. The number of anilines is 1. The van der Waals surface area contributed by atoms with Gasteiger partial charge in [-0.1, -0.05) is 34.1 Å². The van der Waals surface area contributed by atoms with E-state index >= 15 is 0 Å². The fourth-order valence-electron chi connectivity index (χ4n) is 2.60. The third kappa shape index (κ3) is 5.77. The van der Waals surface area contributed by atoms with Gasteiger partial charge >= 0.3 is 0 Å². The highest BCUT2D eigenvalue weighted by Gasteiger charge is 2.12. The lowest BCUT2D eigenvalue weighted by atomic mass is 10.2. The summed E-state index contributed by atoms with van der Waals surface area (Å²) in [4.78, 5) is 6.33. The van der Waals surface area contributed by atoms with Crippen LogP contribution in [0.25, 0.3) is 0 Å². The van der Waals surface area contributed by atoms with Crippen LogP contribution in [-0.4, -0.2) is 22.1 Å². The molecule has 0 aliphatic rings. The molecule has 0 aliphatic heterocycles. The van der Waals surface area contributed by atoms with Crippen molar-refractivity contribution in [3.63, 3.8) is 0 Å². The van der Waals surface area contributed by atoms with E-state index in [2.05, 4.69) is 49.3 Å². The Morgan fingerprint density at radius 1 is 1.04 bits per heavy atom. The summed E-state index contributed by atoms with van der Waals surface area (Å²) in [6, 6.07) is 20.0. The Hall–Kier alpha value is -2.44. The Balaban J connectivity index is 1.76. The Morgan fingerprint density at radius 2 is 1.74 bits per heavy atom. The monoisotopic (exact) mass is 441 g/mol. The molecule has 1 heterocycles. The number of benzene rings is 2. The van der Waals surface area contributed by atoms with Gasteiger partial charge in [-0.2, -0.15) is 0 Å². The highest BCUT2D eigenvalue weighted by atomic mass is 79.9. The summed E-state index contributed by atoms with van der Waals surface area (Å²) in [5, 5.41) is 3.98. The largest absolute Gasteiger partial charge is 0.497 e. The smallest absolute Gasteiger partial charge is 0.174 e.